The monoisotopic (exact) mass is 262 g/mol. The van der Waals surface area contributed by atoms with Crippen molar-refractivity contribution in [1.82, 2.24) is 9.36 Å². The number of hydrogen-bond acceptors (Lipinski definition) is 7. The van der Waals surface area contributed by atoms with Crippen LogP contribution in [0, 0.1) is 0 Å². The quantitative estimate of drug-likeness (QED) is 0.730. The summed E-state index contributed by atoms with van der Waals surface area (Å²) in [5.74, 6) is 1.04. The maximum Gasteiger partial charge on any atom is 0.201 e. The molecule has 0 aromatic carbocycles. The Kier molecular flexibility index (Phi) is 5.27. The fourth-order valence-corrected chi connectivity index (χ4v) is 2.87. The Balaban J connectivity index is 2.41. The van der Waals surface area contributed by atoms with E-state index in [1.54, 1.807) is 6.92 Å². The molecule has 0 saturated carbocycles. The topological polar surface area (TPSA) is 59.9 Å². The molecule has 0 N–H and O–H groups in total. The SMILES string of the molecule is CC(=O)CSc1nsc(SCC(C)=O)n1. The van der Waals surface area contributed by atoms with E-state index < -0.39 is 0 Å². The average Bonchev–Trinajstić information content (AvgIpc) is 2.59. The molecule has 1 aromatic rings. The minimum atomic E-state index is 0.104. The molecule has 0 bridgehead atoms. The number of nitrogens with zero attached hydrogens (tertiary/aromatic N) is 2. The molecule has 0 unspecified atom stereocenters. The highest BCUT2D eigenvalue weighted by Gasteiger charge is 2.07. The van der Waals surface area contributed by atoms with Crippen molar-refractivity contribution in [3.05, 3.63) is 0 Å². The minimum absolute atomic E-state index is 0.104. The van der Waals surface area contributed by atoms with Crippen LogP contribution in [0.25, 0.3) is 0 Å². The summed E-state index contributed by atoms with van der Waals surface area (Å²) in [6.07, 6.45) is 0. The van der Waals surface area contributed by atoms with E-state index in [-0.39, 0.29) is 11.6 Å². The first kappa shape index (κ1) is 12.7. The highest BCUT2D eigenvalue weighted by molar-refractivity contribution is 8.02. The molecule has 1 heterocycles. The first-order valence-corrected chi connectivity index (χ1v) is 6.90. The van der Waals surface area contributed by atoms with E-state index in [1.165, 1.54) is 42.0 Å². The molecule has 0 fully saturated rings. The Labute approximate surface area is 100 Å². The Hall–Kier alpha value is -0.400. The molecule has 82 valence electrons. The van der Waals surface area contributed by atoms with Crippen LogP contribution in [-0.2, 0) is 9.59 Å². The van der Waals surface area contributed by atoms with Crippen molar-refractivity contribution in [2.24, 2.45) is 0 Å². The van der Waals surface area contributed by atoms with Crippen molar-refractivity contribution in [1.29, 1.82) is 0 Å². The summed E-state index contributed by atoms with van der Waals surface area (Å²) in [5, 5.41) is 0.612. The lowest BCUT2D eigenvalue weighted by atomic mass is 10.5. The normalized spacial score (nSPS) is 10.3. The molecule has 0 aliphatic heterocycles. The molecule has 7 heteroatoms. The molecule has 0 amide bonds. The van der Waals surface area contributed by atoms with Crippen molar-refractivity contribution in [2.45, 2.75) is 23.3 Å². The zero-order valence-corrected chi connectivity index (χ0v) is 10.8. The maximum absolute atomic E-state index is 10.7. The molecule has 0 spiro atoms. The maximum atomic E-state index is 10.7. The summed E-state index contributed by atoms with van der Waals surface area (Å²) in [5.41, 5.74) is 0. The summed E-state index contributed by atoms with van der Waals surface area (Å²) < 4.78 is 4.85. The van der Waals surface area contributed by atoms with Crippen molar-refractivity contribution in [3.63, 3.8) is 0 Å². The van der Waals surface area contributed by atoms with Gasteiger partial charge < -0.3 is 0 Å². The van der Waals surface area contributed by atoms with Gasteiger partial charge in [-0.1, -0.05) is 23.5 Å². The lowest BCUT2D eigenvalue weighted by Crippen LogP contribution is -1.93. The number of rotatable bonds is 6. The van der Waals surface area contributed by atoms with Gasteiger partial charge in [-0.25, -0.2) is 4.98 Å². The molecule has 1 aromatic heterocycles. The summed E-state index contributed by atoms with van der Waals surface area (Å²) >= 11 is 3.97. The molecule has 15 heavy (non-hydrogen) atoms. The number of ketones is 2. The van der Waals surface area contributed by atoms with Gasteiger partial charge in [-0.2, -0.15) is 4.37 Å². The predicted octanol–water partition coefficient (Wildman–Crippen LogP) is 1.90. The molecular formula is C8H10N2O2S3. The van der Waals surface area contributed by atoms with E-state index in [2.05, 4.69) is 9.36 Å². The van der Waals surface area contributed by atoms with Gasteiger partial charge in [0.1, 0.15) is 11.6 Å². The molecule has 1 rings (SSSR count). The highest BCUT2D eigenvalue weighted by Crippen LogP contribution is 2.24. The fraction of sp³-hybridized carbons (Fsp3) is 0.500. The van der Waals surface area contributed by atoms with E-state index in [1.807, 2.05) is 0 Å². The van der Waals surface area contributed by atoms with Crippen LogP contribution in [0.3, 0.4) is 0 Å². The van der Waals surface area contributed by atoms with Crippen LogP contribution in [0.1, 0.15) is 13.8 Å². The van der Waals surface area contributed by atoms with Crippen LogP contribution < -0.4 is 0 Å². The van der Waals surface area contributed by atoms with E-state index >= 15 is 0 Å². The predicted molar refractivity (Wildman–Crippen MR) is 62.7 cm³/mol. The van der Waals surface area contributed by atoms with Crippen molar-refractivity contribution in [3.8, 4) is 0 Å². The van der Waals surface area contributed by atoms with E-state index in [0.29, 0.717) is 16.7 Å². The molecule has 0 atom stereocenters. The minimum Gasteiger partial charge on any atom is -0.299 e. The van der Waals surface area contributed by atoms with E-state index in [0.717, 1.165) is 4.34 Å². The number of carbonyl (C=O) groups excluding carboxylic acids is 2. The molecule has 0 saturated heterocycles. The second-order valence-corrected chi connectivity index (χ2v) is 5.74. The molecule has 0 aliphatic carbocycles. The van der Waals surface area contributed by atoms with Gasteiger partial charge in [0, 0.05) is 0 Å². The number of carbonyl (C=O) groups is 2. The third-order valence-electron chi connectivity index (χ3n) is 1.19. The zero-order valence-electron chi connectivity index (χ0n) is 8.35. The molecule has 0 radical (unpaired) electrons. The van der Waals surface area contributed by atoms with E-state index in [9.17, 15) is 9.59 Å². The number of aromatic nitrogens is 2. The van der Waals surface area contributed by atoms with Gasteiger partial charge in [0.25, 0.3) is 0 Å². The Morgan fingerprint density at radius 3 is 2.40 bits per heavy atom. The van der Waals surface area contributed by atoms with Crippen LogP contribution in [0.2, 0.25) is 0 Å². The van der Waals surface area contributed by atoms with Crippen LogP contribution >= 0.6 is 35.1 Å². The summed E-state index contributed by atoms with van der Waals surface area (Å²) in [7, 11) is 0. The number of hydrogen-bond donors (Lipinski definition) is 0. The lowest BCUT2D eigenvalue weighted by molar-refractivity contribution is -0.115. The third-order valence-corrected chi connectivity index (χ3v) is 4.28. The Morgan fingerprint density at radius 2 is 1.80 bits per heavy atom. The van der Waals surface area contributed by atoms with Crippen molar-refractivity contribution in [2.75, 3.05) is 11.5 Å². The average molecular weight is 262 g/mol. The van der Waals surface area contributed by atoms with Crippen LogP contribution in [0.4, 0.5) is 0 Å². The lowest BCUT2D eigenvalue weighted by Gasteiger charge is -1.91. The third kappa shape index (κ3) is 5.29. The van der Waals surface area contributed by atoms with Gasteiger partial charge in [-0.05, 0) is 25.4 Å². The summed E-state index contributed by atoms with van der Waals surface area (Å²) in [6.45, 7) is 3.07. The fourth-order valence-electron chi connectivity index (χ4n) is 0.644. The zero-order chi connectivity index (χ0) is 11.3. The molecule has 4 nitrogen and oxygen atoms in total. The van der Waals surface area contributed by atoms with E-state index in [4.69, 9.17) is 0 Å². The first-order valence-electron chi connectivity index (χ1n) is 4.16. The van der Waals surface area contributed by atoms with Crippen LogP contribution in [0.5, 0.6) is 0 Å². The second-order valence-electron chi connectivity index (χ2n) is 2.82. The van der Waals surface area contributed by atoms with Gasteiger partial charge in [-0.15, -0.1) is 0 Å². The van der Waals surface area contributed by atoms with Gasteiger partial charge in [-0.3, -0.25) is 9.59 Å². The van der Waals surface area contributed by atoms with Gasteiger partial charge >= 0.3 is 0 Å². The van der Waals surface area contributed by atoms with Gasteiger partial charge in [0.2, 0.25) is 5.16 Å². The van der Waals surface area contributed by atoms with Crippen molar-refractivity contribution >= 4 is 46.6 Å². The Morgan fingerprint density at radius 1 is 1.20 bits per heavy atom. The largest absolute Gasteiger partial charge is 0.299 e. The second kappa shape index (κ2) is 6.24. The van der Waals surface area contributed by atoms with Crippen LogP contribution in [-0.4, -0.2) is 32.4 Å². The smallest absolute Gasteiger partial charge is 0.201 e. The summed E-state index contributed by atoms with van der Waals surface area (Å²) in [6, 6.07) is 0. The molecular weight excluding hydrogens is 252 g/mol. The highest BCUT2D eigenvalue weighted by atomic mass is 32.2. The van der Waals surface area contributed by atoms with Gasteiger partial charge in [0.05, 0.1) is 11.5 Å². The van der Waals surface area contributed by atoms with Crippen molar-refractivity contribution < 1.29 is 9.59 Å². The van der Waals surface area contributed by atoms with Crippen LogP contribution in [0.15, 0.2) is 9.50 Å². The standard InChI is InChI=1S/C8H10N2O2S3/c1-5(11)3-13-7-9-8(15-10-7)14-4-6(2)12/h3-4H2,1-2H3. The Bertz CT molecular complexity index is 332. The number of thioether (sulfide) groups is 2. The van der Waals surface area contributed by atoms with Gasteiger partial charge in [0.15, 0.2) is 4.34 Å². The first-order chi connectivity index (χ1) is 7.08. The molecule has 0 aliphatic rings. The number of Topliss-reactive ketones (excluding diaryl/α,β-unsaturated/α-hetero) is 2. The summed E-state index contributed by atoms with van der Waals surface area (Å²) in [4.78, 5) is 25.6.